The van der Waals surface area contributed by atoms with Crippen LogP contribution in [0.2, 0.25) is 0 Å². The third kappa shape index (κ3) is 2.15. The van der Waals surface area contributed by atoms with Gasteiger partial charge in [0.1, 0.15) is 0 Å². The van der Waals surface area contributed by atoms with Crippen LogP contribution in [0.4, 0.5) is 0 Å². The highest BCUT2D eigenvalue weighted by Crippen LogP contribution is 2.61. The van der Waals surface area contributed by atoms with Gasteiger partial charge in [-0.25, -0.2) is 0 Å². The molecule has 2 heterocycles. The number of fused-ring (bicyclic) bond motifs is 2. The summed E-state index contributed by atoms with van der Waals surface area (Å²) < 4.78 is 18.0. The summed E-state index contributed by atoms with van der Waals surface area (Å²) in [7, 11) is -0.0958. The lowest BCUT2D eigenvalue weighted by atomic mass is 10.0. The summed E-state index contributed by atoms with van der Waals surface area (Å²) in [5.74, 6) is -0.931. The van der Waals surface area contributed by atoms with E-state index in [1.165, 1.54) is 6.16 Å². The molecule has 2 rings (SSSR count). The monoisotopic (exact) mass is 246 g/mol. The second kappa shape index (κ2) is 3.91. The van der Waals surface area contributed by atoms with E-state index >= 15 is 0 Å². The number of ether oxygens (including phenoxy) is 3. The Morgan fingerprint density at radius 1 is 1.25 bits per heavy atom. The minimum atomic E-state index is -0.479. The van der Waals surface area contributed by atoms with Gasteiger partial charge in [0.15, 0.2) is 11.6 Å². The van der Waals surface area contributed by atoms with E-state index < -0.39 is 11.6 Å². The van der Waals surface area contributed by atoms with Gasteiger partial charge in [-0.05, 0) is 40.5 Å². The van der Waals surface area contributed by atoms with Gasteiger partial charge in [0.05, 0.1) is 5.34 Å². The molecule has 0 aromatic heterocycles. The number of rotatable bonds is 2. The molecule has 16 heavy (non-hydrogen) atoms. The van der Waals surface area contributed by atoms with Gasteiger partial charge in [-0.3, -0.25) is 0 Å². The van der Waals surface area contributed by atoms with Crippen molar-refractivity contribution in [2.24, 2.45) is 0 Å². The Hall–Kier alpha value is 0.310. The fourth-order valence-corrected chi connectivity index (χ4v) is 5.04. The van der Waals surface area contributed by atoms with E-state index in [9.17, 15) is 0 Å². The van der Waals surface area contributed by atoms with Crippen LogP contribution in [-0.4, -0.2) is 36.3 Å². The largest absolute Gasteiger partial charge is 0.350 e. The molecule has 94 valence electrons. The maximum absolute atomic E-state index is 6.18. The molecule has 0 aromatic rings. The van der Waals surface area contributed by atoms with Crippen molar-refractivity contribution in [1.82, 2.24) is 0 Å². The normalized spacial score (nSPS) is 52.7. The van der Waals surface area contributed by atoms with Gasteiger partial charge < -0.3 is 14.2 Å². The van der Waals surface area contributed by atoms with Gasteiger partial charge in [-0.2, -0.15) is 0 Å². The van der Waals surface area contributed by atoms with Gasteiger partial charge in [0.2, 0.25) is 0 Å². The Labute approximate surface area is 99.6 Å². The lowest BCUT2D eigenvalue weighted by Gasteiger charge is -2.57. The number of hydrogen-bond donors (Lipinski definition) is 0. The zero-order valence-electron chi connectivity index (χ0n) is 11.0. The molecule has 0 amide bonds. The van der Waals surface area contributed by atoms with Crippen LogP contribution in [0.15, 0.2) is 0 Å². The van der Waals surface area contributed by atoms with E-state index in [2.05, 4.69) is 13.6 Å². The highest BCUT2D eigenvalue weighted by atomic mass is 31.1. The maximum Gasteiger partial charge on any atom is 0.172 e. The Bertz CT molecular complexity index is 285. The van der Waals surface area contributed by atoms with Crippen molar-refractivity contribution in [1.29, 1.82) is 0 Å². The molecule has 2 saturated heterocycles. The molecule has 4 heteroatoms. The topological polar surface area (TPSA) is 27.7 Å². The van der Waals surface area contributed by atoms with Crippen LogP contribution in [-0.2, 0) is 14.2 Å². The Morgan fingerprint density at radius 3 is 2.56 bits per heavy atom. The molecule has 0 aromatic carbocycles. The van der Waals surface area contributed by atoms with Crippen molar-refractivity contribution in [3.8, 4) is 0 Å². The molecular weight excluding hydrogens is 223 g/mol. The van der Waals surface area contributed by atoms with Crippen LogP contribution in [0.3, 0.4) is 0 Å². The molecule has 2 bridgehead atoms. The lowest BCUT2D eigenvalue weighted by molar-refractivity contribution is -0.409. The third-order valence-electron chi connectivity index (χ3n) is 3.68. The first kappa shape index (κ1) is 12.8. The van der Waals surface area contributed by atoms with Gasteiger partial charge >= 0.3 is 0 Å². The molecule has 4 unspecified atom stereocenters. The van der Waals surface area contributed by atoms with Crippen molar-refractivity contribution < 1.29 is 14.2 Å². The first-order valence-electron chi connectivity index (χ1n) is 6.06. The zero-order valence-corrected chi connectivity index (χ0v) is 11.9. The fraction of sp³-hybridized carbons (Fsp3) is 1.00. The summed E-state index contributed by atoms with van der Waals surface area (Å²) in [6.45, 7) is 11.3. The van der Waals surface area contributed by atoms with Crippen molar-refractivity contribution in [2.75, 3.05) is 19.4 Å². The predicted molar refractivity (Wildman–Crippen MR) is 66.0 cm³/mol. The summed E-state index contributed by atoms with van der Waals surface area (Å²) in [4.78, 5) is 0. The Morgan fingerprint density at radius 2 is 1.94 bits per heavy atom. The lowest BCUT2D eigenvalue weighted by Crippen LogP contribution is -2.60. The van der Waals surface area contributed by atoms with Gasteiger partial charge in [-0.1, -0.05) is 7.92 Å². The molecule has 3 nitrogen and oxygen atoms in total. The van der Waals surface area contributed by atoms with E-state index in [1.54, 1.807) is 0 Å². The zero-order chi connectivity index (χ0) is 12.0. The summed E-state index contributed by atoms with van der Waals surface area (Å²) in [6.07, 6.45) is 3.05. The second-order valence-corrected chi connectivity index (χ2v) is 8.22. The molecule has 0 radical (unpaired) electrons. The molecule has 4 atom stereocenters. The van der Waals surface area contributed by atoms with Gasteiger partial charge in [0.25, 0.3) is 0 Å². The minimum absolute atomic E-state index is 0.0511. The molecule has 0 aliphatic carbocycles. The number of hydrogen-bond acceptors (Lipinski definition) is 3. The molecule has 2 aliphatic heterocycles. The average molecular weight is 246 g/mol. The molecular formula is C12H23O3P. The van der Waals surface area contributed by atoms with Crippen LogP contribution in [0.25, 0.3) is 0 Å². The Kier molecular flexibility index (Phi) is 3.12. The molecule has 2 aliphatic rings. The molecule has 0 spiro atoms. The van der Waals surface area contributed by atoms with Crippen molar-refractivity contribution >= 4 is 7.92 Å². The van der Waals surface area contributed by atoms with Gasteiger partial charge in [0, 0.05) is 19.4 Å². The fourth-order valence-electron chi connectivity index (χ4n) is 2.92. The highest BCUT2D eigenvalue weighted by molar-refractivity contribution is 7.58. The van der Waals surface area contributed by atoms with Crippen LogP contribution < -0.4 is 0 Å². The molecule has 0 N–H and O–H groups in total. The van der Waals surface area contributed by atoms with Gasteiger partial charge in [-0.15, -0.1) is 0 Å². The third-order valence-corrected chi connectivity index (χ3v) is 6.43. The first-order chi connectivity index (χ1) is 7.31. The summed E-state index contributed by atoms with van der Waals surface area (Å²) in [6, 6.07) is 0. The van der Waals surface area contributed by atoms with Crippen LogP contribution in [0.1, 0.15) is 40.5 Å². The first-order valence-corrected chi connectivity index (χ1v) is 8.04. The predicted octanol–water partition coefficient (Wildman–Crippen LogP) is 3.12. The summed E-state index contributed by atoms with van der Waals surface area (Å²) in [5.41, 5.74) is 0. The van der Waals surface area contributed by atoms with Crippen LogP contribution >= 0.6 is 7.92 Å². The van der Waals surface area contributed by atoms with E-state index in [4.69, 9.17) is 14.2 Å². The average Bonchev–Trinajstić information content (AvgIpc) is 2.10. The summed E-state index contributed by atoms with van der Waals surface area (Å²) >= 11 is 0. The standard InChI is InChI=1S/C12H23O3P/c1-6-13-11(3)9-12(4)15-10(2,14-11)7-8-16(12)5/h6-9H2,1-5H3. The second-order valence-electron chi connectivity index (χ2n) is 5.43. The van der Waals surface area contributed by atoms with Crippen molar-refractivity contribution in [3.05, 3.63) is 0 Å². The van der Waals surface area contributed by atoms with Crippen molar-refractivity contribution in [2.45, 2.75) is 57.5 Å². The van der Waals surface area contributed by atoms with E-state index in [0.717, 1.165) is 12.8 Å². The van der Waals surface area contributed by atoms with E-state index in [0.29, 0.717) is 6.61 Å². The Balaban J connectivity index is 2.25. The SMILES string of the molecule is CCOC1(C)CC2(C)OC(C)(CCP2C)O1. The van der Waals surface area contributed by atoms with Crippen molar-refractivity contribution in [3.63, 3.8) is 0 Å². The van der Waals surface area contributed by atoms with E-state index in [-0.39, 0.29) is 13.3 Å². The molecule has 2 fully saturated rings. The smallest absolute Gasteiger partial charge is 0.172 e. The van der Waals surface area contributed by atoms with Crippen LogP contribution in [0, 0.1) is 0 Å². The maximum atomic E-state index is 6.18. The quantitative estimate of drug-likeness (QED) is 0.701. The highest BCUT2D eigenvalue weighted by Gasteiger charge is 2.56. The van der Waals surface area contributed by atoms with E-state index in [1.807, 2.05) is 20.8 Å². The summed E-state index contributed by atoms with van der Waals surface area (Å²) in [5, 5.41) is -0.0511. The van der Waals surface area contributed by atoms with Crippen LogP contribution in [0.5, 0.6) is 0 Å². The minimum Gasteiger partial charge on any atom is -0.350 e. The molecule has 0 saturated carbocycles.